The number of methoxy groups -OCH3 is 1. The number of hydrogen-bond acceptors (Lipinski definition) is 5. The van der Waals surface area contributed by atoms with E-state index in [2.05, 4.69) is 21.2 Å². The normalized spacial score (nSPS) is 10.8. The van der Waals surface area contributed by atoms with Crippen LogP contribution in [0.4, 0.5) is 0 Å². The van der Waals surface area contributed by atoms with Crippen LogP contribution in [0.25, 0.3) is 0 Å². The Hall–Kier alpha value is -0.660. The van der Waals surface area contributed by atoms with Gasteiger partial charge in [0.2, 0.25) is 0 Å². The Balaban J connectivity index is 2.42. The summed E-state index contributed by atoms with van der Waals surface area (Å²) in [4.78, 5) is 0. The van der Waals surface area contributed by atoms with Crippen molar-refractivity contribution in [2.24, 2.45) is 0 Å². The summed E-state index contributed by atoms with van der Waals surface area (Å²) >= 11 is 3.46. The van der Waals surface area contributed by atoms with Crippen LogP contribution >= 0.6 is 15.9 Å². The van der Waals surface area contributed by atoms with Crippen LogP contribution in [0.15, 0.2) is 22.7 Å². The van der Waals surface area contributed by atoms with Crippen LogP contribution in [-0.2, 0) is 16.0 Å². The number of halogens is 1. The lowest BCUT2D eigenvalue weighted by Gasteiger charge is -2.13. The Kier molecular flexibility index (Phi) is 9.61. The molecule has 0 aliphatic carbocycles. The van der Waals surface area contributed by atoms with Crippen molar-refractivity contribution >= 4 is 15.9 Å². The molecular weight excluding hydrogens is 326 g/mol. The summed E-state index contributed by atoms with van der Waals surface area (Å²) < 4.78 is 16.9. The fourth-order valence-corrected chi connectivity index (χ4v) is 2.01. The second kappa shape index (κ2) is 11.0. The van der Waals surface area contributed by atoms with Crippen molar-refractivity contribution in [1.29, 1.82) is 0 Å². The Morgan fingerprint density at radius 1 is 1.20 bits per heavy atom. The molecular formula is C14H22BrNO4. The molecule has 0 radical (unpaired) electrons. The minimum absolute atomic E-state index is 0.0347. The number of ether oxygens (including phenoxy) is 3. The van der Waals surface area contributed by atoms with Gasteiger partial charge in [0.25, 0.3) is 0 Å². The van der Waals surface area contributed by atoms with Crippen molar-refractivity contribution in [3.8, 4) is 5.75 Å². The summed E-state index contributed by atoms with van der Waals surface area (Å²) in [6.07, 6.45) is 0. The highest BCUT2D eigenvalue weighted by molar-refractivity contribution is 9.10. The summed E-state index contributed by atoms with van der Waals surface area (Å²) in [7, 11) is 1.68. The first-order chi connectivity index (χ1) is 9.77. The topological polar surface area (TPSA) is 60.0 Å². The van der Waals surface area contributed by atoms with E-state index in [1.165, 1.54) is 0 Å². The number of aliphatic hydroxyl groups is 1. The highest BCUT2D eigenvalue weighted by Crippen LogP contribution is 2.23. The van der Waals surface area contributed by atoms with Crippen LogP contribution in [-0.4, -0.2) is 51.8 Å². The van der Waals surface area contributed by atoms with Crippen LogP contribution in [0.1, 0.15) is 5.56 Å². The number of hydrogen-bond donors (Lipinski definition) is 2. The third-order valence-corrected chi connectivity index (χ3v) is 3.04. The standard InChI is InChI=1S/C14H22BrNO4/c1-18-6-4-16-11-12-10-13(15)2-3-14(12)20-9-8-19-7-5-17/h2-3,10,16-17H,4-9,11H2,1H3. The van der Waals surface area contributed by atoms with Gasteiger partial charge in [-0.1, -0.05) is 15.9 Å². The third-order valence-electron chi connectivity index (χ3n) is 2.54. The molecule has 0 aliphatic heterocycles. The van der Waals surface area contributed by atoms with Gasteiger partial charge in [-0.2, -0.15) is 0 Å². The Morgan fingerprint density at radius 3 is 2.80 bits per heavy atom. The number of nitrogens with one attached hydrogen (secondary N) is 1. The molecule has 6 heteroatoms. The average molecular weight is 348 g/mol. The van der Waals surface area contributed by atoms with Gasteiger partial charge >= 0.3 is 0 Å². The van der Waals surface area contributed by atoms with Crippen molar-refractivity contribution in [1.82, 2.24) is 5.32 Å². The third kappa shape index (κ3) is 7.21. The van der Waals surface area contributed by atoms with E-state index in [0.29, 0.717) is 26.4 Å². The van der Waals surface area contributed by atoms with Gasteiger partial charge in [0.15, 0.2) is 0 Å². The van der Waals surface area contributed by atoms with Crippen molar-refractivity contribution in [3.05, 3.63) is 28.2 Å². The second-order valence-corrected chi connectivity index (χ2v) is 5.02. The van der Waals surface area contributed by atoms with Gasteiger partial charge < -0.3 is 24.6 Å². The number of rotatable bonds is 11. The van der Waals surface area contributed by atoms with Gasteiger partial charge in [-0.05, 0) is 18.2 Å². The van der Waals surface area contributed by atoms with Crippen LogP contribution in [0, 0.1) is 0 Å². The second-order valence-electron chi connectivity index (χ2n) is 4.11. The zero-order valence-electron chi connectivity index (χ0n) is 11.7. The van der Waals surface area contributed by atoms with Gasteiger partial charge in [0, 0.05) is 30.2 Å². The molecule has 2 N–H and O–H groups in total. The predicted octanol–water partition coefficient (Wildman–Crippen LogP) is 1.57. The van der Waals surface area contributed by atoms with Gasteiger partial charge in [-0.25, -0.2) is 0 Å². The molecule has 0 saturated carbocycles. The summed E-state index contributed by atoms with van der Waals surface area (Å²) in [5, 5.41) is 11.9. The van der Waals surface area contributed by atoms with E-state index >= 15 is 0 Å². The van der Waals surface area contributed by atoms with Crippen molar-refractivity contribution < 1.29 is 19.3 Å². The minimum atomic E-state index is 0.0347. The molecule has 114 valence electrons. The molecule has 0 aromatic heterocycles. The molecule has 0 fully saturated rings. The maximum atomic E-state index is 8.61. The highest BCUT2D eigenvalue weighted by atomic mass is 79.9. The maximum absolute atomic E-state index is 8.61. The quantitative estimate of drug-likeness (QED) is 0.595. The largest absolute Gasteiger partial charge is 0.491 e. The van der Waals surface area contributed by atoms with E-state index in [0.717, 1.165) is 28.9 Å². The van der Waals surface area contributed by atoms with E-state index in [-0.39, 0.29) is 6.61 Å². The zero-order chi connectivity index (χ0) is 14.6. The summed E-state index contributed by atoms with van der Waals surface area (Å²) in [6.45, 7) is 3.50. The average Bonchev–Trinajstić information content (AvgIpc) is 2.45. The first-order valence-corrected chi connectivity index (χ1v) is 7.36. The summed E-state index contributed by atoms with van der Waals surface area (Å²) in [6, 6.07) is 5.91. The minimum Gasteiger partial charge on any atom is -0.491 e. The molecule has 20 heavy (non-hydrogen) atoms. The summed E-state index contributed by atoms with van der Waals surface area (Å²) in [5.74, 6) is 0.839. The molecule has 0 spiro atoms. The Labute approximate surface area is 128 Å². The van der Waals surface area contributed by atoms with Crippen molar-refractivity contribution in [2.45, 2.75) is 6.54 Å². The number of aliphatic hydroxyl groups excluding tert-OH is 1. The Morgan fingerprint density at radius 2 is 2.05 bits per heavy atom. The van der Waals surface area contributed by atoms with Gasteiger partial charge in [0.1, 0.15) is 12.4 Å². The van der Waals surface area contributed by atoms with E-state index in [1.807, 2.05) is 18.2 Å². The highest BCUT2D eigenvalue weighted by Gasteiger charge is 2.04. The SMILES string of the molecule is COCCNCc1cc(Br)ccc1OCCOCCO. The molecule has 0 heterocycles. The van der Waals surface area contributed by atoms with Gasteiger partial charge in [-0.15, -0.1) is 0 Å². The van der Waals surface area contributed by atoms with Crippen LogP contribution in [0.5, 0.6) is 5.75 Å². The molecule has 1 aromatic carbocycles. The molecule has 1 aromatic rings. The Bertz CT molecular complexity index is 376. The lowest BCUT2D eigenvalue weighted by Crippen LogP contribution is -2.19. The molecule has 0 bridgehead atoms. The fraction of sp³-hybridized carbons (Fsp3) is 0.571. The van der Waals surface area contributed by atoms with Crippen molar-refractivity contribution in [3.63, 3.8) is 0 Å². The number of benzene rings is 1. The van der Waals surface area contributed by atoms with E-state index in [1.54, 1.807) is 7.11 Å². The molecule has 0 atom stereocenters. The van der Waals surface area contributed by atoms with Gasteiger partial charge in [0.05, 0.1) is 26.4 Å². The van der Waals surface area contributed by atoms with Gasteiger partial charge in [-0.3, -0.25) is 0 Å². The molecule has 0 aliphatic rings. The smallest absolute Gasteiger partial charge is 0.123 e. The lowest BCUT2D eigenvalue weighted by molar-refractivity contribution is 0.0703. The van der Waals surface area contributed by atoms with Crippen molar-refractivity contribution in [2.75, 3.05) is 46.7 Å². The van der Waals surface area contributed by atoms with E-state index < -0.39 is 0 Å². The summed E-state index contributed by atoms with van der Waals surface area (Å²) in [5.41, 5.74) is 1.08. The van der Waals surface area contributed by atoms with Crippen LogP contribution < -0.4 is 10.1 Å². The zero-order valence-corrected chi connectivity index (χ0v) is 13.3. The first-order valence-electron chi connectivity index (χ1n) is 6.57. The molecule has 5 nitrogen and oxygen atoms in total. The molecule has 0 unspecified atom stereocenters. The van der Waals surface area contributed by atoms with E-state index in [9.17, 15) is 0 Å². The van der Waals surface area contributed by atoms with E-state index in [4.69, 9.17) is 19.3 Å². The first kappa shape index (κ1) is 17.4. The molecule has 0 saturated heterocycles. The molecule has 0 amide bonds. The van der Waals surface area contributed by atoms with Crippen LogP contribution in [0.3, 0.4) is 0 Å². The molecule has 1 rings (SSSR count). The van der Waals surface area contributed by atoms with Crippen LogP contribution in [0.2, 0.25) is 0 Å². The monoisotopic (exact) mass is 347 g/mol. The lowest BCUT2D eigenvalue weighted by atomic mass is 10.2. The predicted molar refractivity (Wildman–Crippen MR) is 81.1 cm³/mol. The maximum Gasteiger partial charge on any atom is 0.123 e. The fourth-order valence-electron chi connectivity index (χ4n) is 1.60.